The van der Waals surface area contributed by atoms with Crippen LogP contribution < -0.4 is 5.32 Å². The first-order valence-electron chi connectivity index (χ1n) is 8.36. The van der Waals surface area contributed by atoms with Gasteiger partial charge in [0.05, 0.1) is 19.3 Å². The lowest BCUT2D eigenvalue weighted by Gasteiger charge is -2.31. The van der Waals surface area contributed by atoms with Gasteiger partial charge >= 0.3 is 5.97 Å². The van der Waals surface area contributed by atoms with Crippen molar-refractivity contribution in [3.63, 3.8) is 0 Å². The van der Waals surface area contributed by atoms with E-state index in [9.17, 15) is 9.59 Å². The summed E-state index contributed by atoms with van der Waals surface area (Å²) in [5.41, 5.74) is 0.771. The van der Waals surface area contributed by atoms with E-state index in [1.165, 1.54) is 13.4 Å². The summed E-state index contributed by atoms with van der Waals surface area (Å²) in [5.74, 6) is 0.112. The molecule has 7 nitrogen and oxygen atoms in total. The summed E-state index contributed by atoms with van der Waals surface area (Å²) in [6, 6.07) is 5.36. The molecule has 1 atom stereocenters. The number of likely N-dealkylation sites (tertiary alicyclic amines) is 1. The number of carbonyl (C=O) groups is 2. The van der Waals surface area contributed by atoms with Gasteiger partial charge in [0.25, 0.3) is 0 Å². The van der Waals surface area contributed by atoms with E-state index in [1.54, 1.807) is 18.3 Å². The molecule has 0 aromatic carbocycles. The fraction of sp³-hybridized carbons (Fsp3) is 0.389. The Bertz CT molecular complexity index is 775. The third-order valence-corrected chi connectivity index (χ3v) is 4.84. The highest BCUT2D eigenvalue weighted by Gasteiger charge is 2.27. The van der Waals surface area contributed by atoms with Crippen molar-refractivity contribution >= 4 is 33.6 Å². The second kappa shape index (κ2) is 8.46. The molecule has 1 amide bonds. The van der Waals surface area contributed by atoms with Gasteiger partial charge in [0.2, 0.25) is 11.7 Å². The molecule has 1 saturated heterocycles. The predicted molar refractivity (Wildman–Crippen MR) is 98.6 cm³/mol. The number of aromatic nitrogens is 1. The van der Waals surface area contributed by atoms with Crippen LogP contribution in [0.15, 0.2) is 39.5 Å². The fourth-order valence-electron chi connectivity index (χ4n) is 3.06. The maximum atomic E-state index is 12.5. The second-order valence-corrected chi connectivity index (χ2v) is 7.11. The van der Waals surface area contributed by atoms with Crippen molar-refractivity contribution in [3.05, 3.63) is 46.5 Å². The number of esters is 1. The van der Waals surface area contributed by atoms with Crippen LogP contribution >= 0.6 is 15.9 Å². The van der Waals surface area contributed by atoms with E-state index in [0.29, 0.717) is 18.9 Å². The Morgan fingerprint density at radius 1 is 1.42 bits per heavy atom. The fourth-order valence-corrected chi connectivity index (χ4v) is 3.30. The SMILES string of the molecule is COC(=O)c1occc1CN1CCCC(C(=O)Nc2ccc(Br)cn2)C1. The number of hydrogen-bond donors (Lipinski definition) is 1. The van der Waals surface area contributed by atoms with Gasteiger partial charge in [0.1, 0.15) is 5.82 Å². The average Bonchev–Trinajstić information content (AvgIpc) is 3.11. The Morgan fingerprint density at radius 2 is 2.27 bits per heavy atom. The van der Waals surface area contributed by atoms with Gasteiger partial charge in [-0.15, -0.1) is 0 Å². The third kappa shape index (κ3) is 4.50. The molecule has 0 bridgehead atoms. The number of anilines is 1. The highest BCUT2D eigenvalue weighted by molar-refractivity contribution is 9.10. The lowest BCUT2D eigenvalue weighted by atomic mass is 9.96. The largest absolute Gasteiger partial charge is 0.463 e. The number of piperidine rings is 1. The molecule has 3 heterocycles. The Hall–Kier alpha value is -2.19. The van der Waals surface area contributed by atoms with Crippen LogP contribution in [0.25, 0.3) is 0 Å². The molecule has 0 radical (unpaired) electrons. The summed E-state index contributed by atoms with van der Waals surface area (Å²) < 4.78 is 10.8. The molecule has 2 aromatic heterocycles. The van der Waals surface area contributed by atoms with Crippen LogP contribution in [0.1, 0.15) is 29.0 Å². The predicted octanol–water partition coefficient (Wildman–Crippen LogP) is 3.07. The quantitative estimate of drug-likeness (QED) is 0.746. The molecule has 0 saturated carbocycles. The summed E-state index contributed by atoms with van der Waals surface area (Å²) in [6.07, 6.45) is 4.87. The van der Waals surface area contributed by atoms with Crippen molar-refractivity contribution in [2.75, 3.05) is 25.5 Å². The molecule has 1 unspecified atom stereocenters. The molecule has 0 spiro atoms. The van der Waals surface area contributed by atoms with Crippen molar-refractivity contribution in [2.45, 2.75) is 19.4 Å². The van der Waals surface area contributed by atoms with Gasteiger partial charge in [0, 0.05) is 29.3 Å². The van der Waals surface area contributed by atoms with E-state index in [4.69, 9.17) is 9.15 Å². The van der Waals surface area contributed by atoms with E-state index < -0.39 is 5.97 Å². The minimum atomic E-state index is -0.488. The highest BCUT2D eigenvalue weighted by Crippen LogP contribution is 2.22. The molecule has 1 fully saturated rings. The molecular weight excluding hydrogens is 402 g/mol. The van der Waals surface area contributed by atoms with Gasteiger partial charge in [0.15, 0.2) is 0 Å². The number of nitrogens with zero attached hydrogens (tertiary/aromatic N) is 2. The smallest absolute Gasteiger partial charge is 0.374 e. The summed E-state index contributed by atoms with van der Waals surface area (Å²) in [7, 11) is 1.33. The lowest BCUT2D eigenvalue weighted by Crippen LogP contribution is -2.40. The van der Waals surface area contributed by atoms with Crippen molar-refractivity contribution < 1.29 is 18.7 Å². The maximum Gasteiger partial charge on any atom is 0.374 e. The summed E-state index contributed by atoms with van der Waals surface area (Å²) in [5, 5.41) is 2.87. The number of amides is 1. The summed E-state index contributed by atoms with van der Waals surface area (Å²) in [4.78, 5) is 30.6. The van der Waals surface area contributed by atoms with Crippen LogP contribution in [0.5, 0.6) is 0 Å². The number of ether oxygens (including phenoxy) is 1. The van der Waals surface area contributed by atoms with Gasteiger partial charge in [-0.1, -0.05) is 0 Å². The van der Waals surface area contributed by atoms with Gasteiger partial charge in [-0.3, -0.25) is 9.69 Å². The van der Waals surface area contributed by atoms with E-state index in [0.717, 1.165) is 29.4 Å². The number of rotatable bonds is 5. The van der Waals surface area contributed by atoms with Crippen LogP contribution in [-0.2, 0) is 16.1 Å². The van der Waals surface area contributed by atoms with Crippen LogP contribution in [0.4, 0.5) is 5.82 Å². The molecule has 26 heavy (non-hydrogen) atoms. The van der Waals surface area contributed by atoms with E-state index >= 15 is 0 Å². The Morgan fingerprint density at radius 3 is 3.00 bits per heavy atom. The zero-order valence-corrected chi connectivity index (χ0v) is 16.0. The number of halogens is 1. The molecule has 2 aromatic rings. The normalized spacial score (nSPS) is 17.7. The molecule has 0 aliphatic carbocycles. The lowest BCUT2D eigenvalue weighted by molar-refractivity contribution is -0.121. The molecule has 1 N–H and O–H groups in total. The van der Waals surface area contributed by atoms with Crippen molar-refractivity contribution in [1.82, 2.24) is 9.88 Å². The number of hydrogen-bond acceptors (Lipinski definition) is 6. The first-order chi connectivity index (χ1) is 12.6. The average molecular weight is 422 g/mol. The summed E-state index contributed by atoms with van der Waals surface area (Å²) in [6.45, 7) is 2.03. The molecule has 138 valence electrons. The Labute approximate surface area is 159 Å². The minimum absolute atomic E-state index is 0.0371. The van der Waals surface area contributed by atoms with Crippen molar-refractivity contribution in [2.24, 2.45) is 5.92 Å². The monoisotopic (exact) mass is 421 g/mol. The zero-order valence-electron chi connectivity index (χ0n) is 14.4. The first kappa shape index (κ1) is 18.6. The van der Waals surface area contributed by atoms with E-state index in [-0.39, 0.29) is 17.6 Å². The van der Waals surface area contributed by atoms with Crippen molar-refractivity contribution in [1.29, 1.82) is 0 Å². The van der Waals surface area contributed by atoms with Crippen LogP contribution in [0, 0.1) is 5.92 Å². The maximum absolute atomic E-state index is 12.5. The molecule has 3 rings (SSSR count). The molecule has 8 heteroatoms. The zero-order chi connectivity index (χ0) is 18.5. The number of carbonyl (C=O) groups excluding carboxylic acids is 2. The van der Waals surface area contributed by atoms with Crippen LogP contribution in [0.2, 0.25) is 0 Å². The number of methoxy groups -OCH3 is 1. The standard InChI is InChI=1S/C18H20BrN3O4/c1-25-18(24)16-12(6-8-26-16)10-22-7-2-3-13(11-22)17(23)21-15-5-4-14(19)9-20-15/h4-6,8-9,13H,2-3,7,10-11H2,1H3,(H,20,21,23). The van der Waals surface area contributed by atoms with E-state index in [2.05, 4.69) is 31.1 Å². The molecular formula is C18H20BrN3O4. The molecule has 1 aliphatic rings. The van der Waals surface area contributed by atoms with Gasteiger partial charge in [-0.05, 0) is 53.5 Å². The van der Waals surface area contributed by atoms with Gasteiger partial charge in [-0.25, -0.2) is 9.78 Å². The molecule has 1 aliphatic heterocycles. The van der Waals surface area contributed by atoms with Crippen molar-refractivity contribution in [3.8, 4) is 0 Å². The van der Waals surface area contributed by atoms with Crippen LogP contribution in [0.3, 0.4) is 0 Å². The Kier molecular flexibility index (Phi) is 6.05. The van der Waals surface area contributed by atoms with E-state index in [1.807, 2.05) is 6.07 Å². The van der Waals surface area contributed by atoms with Crippen LogP contribution in [-0.4, -0.2) is 42.0 Å². The van der Waals surface area contributed by atoms with Gasteiger partial charge in [-0.2, -0.15) is 0 Å². The minimum Gasteiger partial charge on any atom is -0.463 e. The number of pyridine rings is 1. The number of nitrogens with one attached hydrogen (secondary N) is 1. The topological polar surface area (TPSA) is 84.7 Å². The summed E-state index contributed by atoms with van der Waals surface area (Å²) >= 11 is 3.32. The number of furan rings is 1. The Balaban J connectivity index is 1.60. The van der Waals surface area contributed by atoms with Gasteiger partial charge < -0.3 is 14.5 Å². The second-order valence-electron chi connectivity index (χ2n) is 6.19. The third-order valence-electron chi connectivity index (χ3n) is 4.37. The first-order valence-corrected chi connectivity index (χ1v) is 9.15. The highest BCUT2D eigenvalue weighted by atomic mass is 79.9.